The molecular weight excluding hydrogens is 358 g/mol. The summed E-state index contributed by atoms with van der Waals surface area (Å²) in [5.41, 5.74) is 1.07. The van der Waals surface area contributed by atoms with Gasteiger partial charge >= 0.3 is 5.97 Å². The monoisotopic (exact) mass is 371 g/mol. The van der Waals surface area contributed by atoms with E-state index < -0.39 is 5.97 Å². The number of benzene rings is 1. The number of hydrogen-bond donors (Lipinski definition) is 1. The van der Waals surface area contributed by atoms with Crippen LogP contribution < -0.4 is 4.74 Å². The van der Waals surface area contributed by atoms with Crippen LogP contribution in [0.1, 0.15) is 22.3 Å². The molecule has 0 bridgehead atoms. The number of nitrogens with zero attached hydrogens (tertiary/aromatic N) is 1. The fraction of sp³-hybridized carbons (Fsp3) is 0.286. The van der Waals surface area contributed by atoms with E-state index in [1.807, 2.05) is 6.92 Å². The second-order valence-corrected chi connectivity index (χ2v) is 6.21. The first-order valence-corrected chi connectivity index (χ1v) is 7.80. The number of halogens is 1. The molecule has 0 saturated carbocycles. The lowest BCUT2D eigenvalue weighted by Gasteiger charge is -2.07. The van der Waals surface area contributed by atoms with E-state index in [1.165, 1.54) is 18.4 Å². The highest BCUT2D eigenvalue weighted by atomic mass is 79.9. The Morgan fingerprint density at radius 2 is 2.19 bits per heavy atom. The number of thiazole rings is 1. The zero-order valence-corrected chi connectivity index (χ0v) is 14.2. The van der Waals surface area contributed by atoms with Crippen molar-refractivity contribution in [3.8, 4) is 22.1 Å². The smallest absolute Gasteiger partial charge is 0.358 e. The van der Waals surface area contributed by atoms with E-state index in [1.54, 1.807) is 19.1 Å². The van der Waals surface area contributed by atoms with Gasteiger partial charge in [0.2, 0.25) is 0 Å². The third-order valence-electron chi connectivity index (χ3n) is 2.76. The van der Waals surface area contributed by atoms with Gasteiger partial charge in [0.05, 0.1) is 18.2 Å². The van der Waals surface area contributed by atoms with Gasteiger partial charge in [-0.05, 0) is 41.9 Å². The molecule has 5 nitrogen and oxygen atoms in total. The molecule has 0 amide bonds. The van der Waals surface area contributed by atoms with Gasteiger partial charge in [-0.25, -0.2) is 9.78 Å². The van der Waals surface area contributed by atoms with Crippen LogP contribution in [0.3, 0.4) is 0 Å². The second kappa shape index (κ2) is 6.44. The van der Waals surface area contributed by atoms with Gasteiger partial charge in [0.25, 0.3) is 0 Å². The lowest BCUT2D eigenvalue weighted by molar-refractivity contribution is 0.0519. The Labute approximate surface area is 134 Å². The van der Waals surface area contributed by atoms with Crippen molar-refractivity contribution in [2.75, 3.05) is 13.7 Å². The van der Waals surface area contributed by atoms with Gasteiger partial charge in [-0.1, -0.05) is 0 Å². The molecule has 0 spiro atoms. The first-order valence-electron chi connectivity index (χ1n) is 6.19. The number of methoxy groups -OCH3 is 1. The number of aromatic nitrogens is 1. The van der Waals surface area contributed by atoms with Crippen LogP contribution in [-0.4, -0.2) is 29.8 Å². The van der Waals surface area contributed by atoms with Crippen LogP contribution in [-0.2, 0) is 4.74 Å². The molecule has 1 N–H and O–H groups in total. The lowest BCUT2D eigenvalue weighted by atomic mass is 10.2. The van der Waals surface area contributed by atoms with Gasteiger partial charge in [0.1, 0.15) is 5.01 Å². The number of ether oxygens (including phenoxy) is 2. The Balaban J connectivity index is 2.46. The number of aromatic hydroxyl groups is 1. The maximum atomic E-state index is 11.8. The molecule has 0 atom stereocenters. The number of phenolic OH excluding ortho intramolecular Hbond substituents is 1. The fourth-order valence-electron chi connectivity index (χ4n) is 1.76. The summed E-state index contributed by atoms with van der Waals surface area (Å²) in [6.45, 7) is 3.88. The number of carbonyl (C=O) groups is 1. The predicted molar refractivity (Wildman–Crippen MR) is 84.2 cm³/mol. The molecule has 2 aromatic rings. The first-order chi connectivity index (χ1) is 9.97. The largest absolute Gasteiger partial charge is 0.503 e. The Kier molecular flexibility index (Phi) is 4.84. The minimum absolute atomic E-state index is 0.0279. The highest BCUT2D eigenvalue weighted by molar-refractivity contribution is 9.10. The summed E-state index contributed by atoms with van der Waals surface area (Å²) < 4.78 is 10.6. The topological polar surface area (TPSA) is 68.7 Å². The molecular formula is C14H14BrNO4S. The molecule has 0 aliphatic rings. The van der Waals surface area contributed by atoms with E-state index in [-0.39, 0.29) is 5.75 Å². The van der Waals surface area contributed by atoms with E-state index in [4.69, 9.17) is 9.47 Å². The summed E-state index contributed by atoms with van der Waals surface area (Å²) in [5, 5.41) is 10.5. The fourth-order valence-corrected chi connectivity index (χ4v) is 3.09. The number of carbonyl (C=O) groups excluding carboxylic acids is 1. The zero-order valence-electron chi connectivity index (χ0n) is 11.8. The number of aryl methyl sites for hydroxylation is 1. The third kappa shape index (κ3) is 3.19. The van der Waals surface area contributed by atoms with Crippen LogP contribution in [0.25, 0.3) is 10.6 Å². The van der Waals surface area contributed by atoms with Crippen molar-refractivity contribution in [1.29, 1.82) is 0 Å². The van der Waals surface area contributed by atoms with E-state index in [2.05, 4.69) is 20.9 Å². The number of esters is 1. The van der Waals surface area contributed by atoms with E-state index >= 15 is 0 Å². The van der Waals surface area contributed by atoms with Gasteiger partial charge < -0.3 is 14.6 Å². The molecule has 0 unspecified atom stereocenters. The lowest BCUT2D eigenvalue weighted by Crippen LogP contribution is -2.06. The summed E-state index contributed by atoms with van der Waals surface area (Å²) >= 11 is 4.65. The van der Waals surface area contributed by atoms with Crippen LogP contribution in [0.4, 0.5) is 0 Å². The number of phenols is 1. The molecule has 0 fully saturated rings. The maximum absolute atomic E-state index is 11.8. The summed E-state index contributed by atoms with van der Waals surface area (Å²) in [4.78, 5) is 16.9. The maximum Gasteiger partial charge on any atom is 0.358 e. The summed E-state index contributed by atoms with van der Waals surface area (Å²) in [5.74, 6) is -0.0626. The molecule has 0 aliphatic carbocycles. The van der Waals surface area contributed by atoms with Crippen molar-refractivity contribution in [1.82, 2.24) is 4.98 Å². The minimum Gasteiger partial charge on any atom is -0.503 e. The normalized spacial score (nSPS) is 10.5. The average molecular weight is 372 g/mol. The van der Waals surface area contributed by atoms with Crippen molar-refractivity contribution in [3.05, 3.63) is 27.2 Å². The summed E-state index contributed by atoms with van der Waals surface area (Å²) in [6, 6.07) is 3.40. The number of hydrogen-bond acceptors (Lipinski definition) is 6. The van der Waals surface area contributed by atoms with Crippen molar-refractivity contribution in [2.45, 2.75) is 13.8 Å². The molecule has 0 saturated heterocycles. The minimum atomic E-state index is -0.428. The van der Waals surface area contributed by atoms with E-state index in [0.29, 0.717) is 27.5 Å². The van der Waals surface area contributed by atoms with Gasteiger partial charge in [0, 0.05) is 10.4 Å². The third-order valence-corrected chi connectivity index (χ3v) is 4.39. The van der Waals surface area contributed by atoms with Crippen LogP contribution in [0.2, 0.25) is 0 Å². The zero-order chi connectivity index (χ0) is 15.6. The molecule has 112 valence electrons. The van der Waals surface area contributed by atoms with Gasteiger partial charge in [0.15, 0.2) is 17.2 Å². The van der Waals surface area contributed by atoms with Gasteiger partial charge in [-0.3, -0.25) is 0 Å². The van der Waals surface area contributed by atoms with Crippen molar-refractivity contribution in [2.24, 2.45) is 0 Å². The number of rotatable bonds is 4. The Hall–Kier alpha value is -1.60. The summed E-state index contributed by atoms with van der Waals surface area (Å²) in [7, 11) is 1.47. The van der Waals surface area contributed by atoms with Crippen molar-refractivity contribution >= 4 is 33.2 Å². The first kappa shape index (κ1) is 15.8. The molecule has 21 heavy (non-hydrogen) atoms. The quantitative estimate of drug-likeness (QED) is 0.828. The Morgan fingerprint density at radius 1 is 1.48 bits per heavy atom. The van der Waals surface area contributed by atoms with Crippen LogP contribution in [0.5, 0.6) is 11.5 Å². The average Bonchev–Trinajstić information content (AvgIpc) is 2.84. The molecule has 1 aromatic carbocycles. The second-order valence-electron chi connectivity index (χ2n) is 4.15. The van der Waals surface area contributed by atoms with E-state index in [0.717, 1.165) is 10.4 Å². The molecule has 2 rings (SSSR count). The van der Waals surface area contributed by atoms with Gasteiger partial charge in [-0.15, -0.1) is 11.3 Å². The predicted octanol–water partition coefficient (Wildman–Crippen LogP) is 3.77. The highest BCUT2D eigenvalue weighted by Gasteiger charge is 2.19. The van der Waals surface area contributed by atoms with Gasteiger partial charge in [-0.2, -0.15) is 0 Å². The van der Waals surface area contributed by atoms with Crippen molar-refractivity contribution in [3.63, 3.8) is 0 Å². The molecule has 0 radical (unpaired) electrons. The van der Waals surface area contributed by atoms with Crippen molar-refractivity contribution < 1.29 is 19.4 Å². The summed E-state index contributed by atoms with van der Waals surface area (Å²) in [6.07, 6.45) is 0. The van der Waals surface area contributed by atoms with E-state index in [9.17, 15) is 9.90 Å². The Bertz CT molecular complexity index is 684. The Morgan fingerprint density at radius 3 is 2.81 bits per heavy atom. The molecule has 1 heterocycles. The van der Waals surface area contributed by atoms with Crippen LogP contribution >= 0.6 is 27.3 Å². The van der Waals surface area contributed by atoms with Crippen LogP contribution in [0.15, 0.2) is 16.6 Å². The SMILES string of the molecule is CCOC(=O)c1nc(-c2cc(Br)c(O)c(OC)c2)sc1C. The highest BCUT2D eigenvalue weighted by Crippen LogP contribution is 2.39. The molecule has 1 aromatic heterocycles. The molecule has 7 heteroatoms. The standard InChI is InChI=1S/C14H14BrNO4S/c1-4-20-14(18)11-7(2)21-13(16-11)8-5-9(15)12(17)10(6-8)19-3/h5-6,17H,4H2,1-3H3. The van der Waals surface area contributed by atoms with Crippen LogP contribution in [0, 0.1) is 6.92 Å². The molecule has 0 aliphatic heterocycles.